The van der Waals surface area contributed by atoms with E-state index in [1.54, 1.807) is 35.2 Å². The summed E-state index contributed by atoms with van der Waals surface area (Å²) in [5.41, 5.74) is 1.26. The van der Waals surface area contributed by atoms with E-state index in [9.17, 15) is 14.9 Å². The normalized spacial score (nSPS) is 17.6. The predicted molar refractivity (Wildman–Crippen MR) is 92.2 cm³/mol. The van der Waals surface area contributed by atoms with E-state index in [0.717, 1.165) is 0 Å². The van der Waals surface area contributed by atoms with Crippen LogP contribution < -0.4 is 4.90 Å². The third-order valence-electron chi connectivity index (χ3n) is 3.36. The maximum absolute atomic E-state index is 12.3. The second-order valence-electron chi connectivity index (χ2n) is 4.91. The van der Waals surface area contributed by atoms with Crippen LogP contribution in [0.2, 0.25) is 10.0 Å². The molecule has 0 spiro atoms. The summed E-state index contributed by atoms with van der Waals surface area (Å²) in [4.78, 5) is 24.4. The number of carbonyl (C=O) groups excluding carboxylic acids is 1. The van der Waals surface area contributed by atoms with Gasteiger partial charge in [-0.1, -0.05) is 35.3 Å². The van der Waals surface area contributed by atoms with Crippen molar-refractivity contribution < 1.29 is 9.72 Å². The Morgan fingerprint density at radius 1 is 1.17 bits per heavy atom. The van der Waals surface area contributed by atoms with Gasteiger partial charge in [-0.2, -0.15) is 0 Å². The minimum Gasteiger partial charge on any atom is -0.295 e. The van der Waals surface area contributed by atoms with Gasteiger partial charge in [0, 0.05) is 27.9 Å². The Kier molecular flexibility index (Phi) is 4.48. The summed E-state index contributed by atoms with van der Waals surface area (Å²) >= 11 is 13.4. The summed E-state index contributed by atoms with van der Waals surface area (Å²) in [6.45, 7) is 0. The van der Waals surface area contributed by atoms with Crippen molar-refractivity contribution in [2.45, 2.75) is 5.37 Å². The zero-order valence-electron chi connectivity index (χ0n) is 11.6. The number of thioether (sulfide) groups is 1. The molecular formula is C15H10Cl2N2O3S. The molecule has 0 aliphatic carbocycles. The third kappa shape index (κ3) is 3.29. The monoisotopic (exact) mass is 368 g/mol. The zero-order valence-corrected chi connectivity index (χ0v) is 13.9. The third-order valence-corrected chi connectivity index (χ3v) is 5.01. The highest BCUT2D eigenvalue weighted by molar-refractivity contribution is 8.00. The average molecular weight is 369 g/mol. The number of carbonyl (C=O) groups is 1. The van der Waals surface area contributed by atoms with Crippen molar-refractivity contribution in [2.75, 3.05) is 10.7 Å². The first-order chi connectivity index (χ1) is 11.0. The molecule has 2 aromatic carbocycles. The molecule has 0 unspecified atom stereocenters. The first kappa shape index (κ1) is 16.1. The first-order valence-corrected chi connectivity index (χ1v) is 8.40. The smallest absolute Gasteiger partial charge is 0.269 e. The summed E-state index contributed by atoms with van der Waals surface area (Å²) in [7, 11) is 0. The number of hydrogen-bond acceptors (Lipinski definition) is 4. The second-order valence-corrected chi connectivity index (χ2v) is 6.85. The van der Waals surface area contributed by atoms with Crippen molar-refractivity contribution in [1.29, 1.82) is 0 Å². The van der Waals surface area contributed by atoms with Crippen LogP contribution in [0, 0.1) is 10.1 Å². The van der Waals surface area contributed by atoms with E-state index in [4.69, 9.17) is 23.2 Å². The summed E-state index contributed by atoms with van der Waals surface area (Å²) in [5, 5.41) is 11.5. The van der Waals surface area contributed by atoms with Crippen LogP contribution in [0.5, 0.6) is 0 Å². The Morgan fingerprint density at radius 3 is 2.52 bits per heavy atom. The van der Waals surface area contributed by atoms with Crippen molar-refractivity contribution in [3.8, 4) is 0 Å². The number of non-ortho nitro benzene ring substituents is 1. The number of rotatable bonds is 3. The van der Waals surface area contributed by atoms with Gasteiger partial charge in [0.05, 0.1) is 10.7 Å². The fraction of sp³-hybridized carbons (Fsp3) is 0.133. The first-order valence-electron chi connectivity index (χ1n) is 6.60. The Bertz CT molecular complexity index is 780. The average Bonchev–Trinajstić information content (AvgIpc) is 2.88. The molecule has 0 aromatic heterocycles. The molecule has 5 nitrogen and oxygen atoms in total. The van der Waals surface area contributed by atoms with Gasteiger partial charge in [-0.15, -0.1) is 11.8 Å². The fourth-order valence-electron chi connectivity index (χ4n) is 2.42. The molecule has 118 valence electrons. The van der Waals surface area contributed by atoms with E-state index < -0.39 is 4.92 Å². The number of nitrogens with zero attached hydrogens (tertiary/aromatic N) is 2. The fourth-order valence-corrected chi connectivity index (χ4v) is 4.10. The largest absolute Gasteiger partial charge is 0.295 e. The molecular weight excluding hydrogens is 359 g/mol. The van der Waals surface area contributed by atoms with Gasteiger partial charge in [-0.05, 0) is 23.8 Å². The number of nitro groups is 1. The molecule has 1 amide bonds. The molecule has 1 aliphatic heterocycles. The highest BCUT2D eigenvalue weighted by Gasteiger charge is 2.35. The van der Waals surface area contributed by atoms with E-state index in [0.29, 0.717) is 21.3 Å². The SMILES string of the molecule is O=C1CS[C@@H](c2cccc([N+](=O)[O-])c2)N1c1cc(Cl)cc(Cl)c1. The summed E-state index contributed by atoms with van der Waals surface area (Å²) in [6, 6.07) is 11.2. The van der Waals surface area contributed by atoms with Crippen molar-refractivity contribution in [3.05, 3.63) is 68.2 Å². The van der Waals surface area contributed by atoms with Gasteiger partial charge in [0.25, 0.3) is 5.69 Å². The Morgan fingerprint density at radius 2 is 1.87 bits per heavy atom. The lowest BCUT2D eigenvalue weighted by molar-refractivity contribution is -0.384. The van der Waals surface area contributed by atoms with Gasteiger partial charge in [0.15, 0.2) is 0 Å². The molecule has 0 saturated carbocycles. The van der Waals surface area contributed by atoms with E-state index in [1.807, 2.05) is 0 Å². The topological polar surface area (TPSA) is 63.4 Å². The maximum atomic E-state index is 12.3. The molecule has 1 fully saturated rings. The van der Waals surface area contributed by atoms with Crippen molar-refractivity contribution in [1.82, 2.24) is 0 Å². The van der Waals surface area contributed by atoms with Gasteiger partial charge < -0.3 is 0 Å². The summed E-state index contributed by atoms with van der Waals surface area (Å²) < 4.78 is 0. The van der Waals surface area contributed by atoms with Crippen molar-refractivity contribution >= 4 is 52.2 Å². The van der Waals surface area contributed by atoms with Crippen LogP contribution in [-0.4, -0.2) is 16.6 Å². The highest BCUT2D eigenvalue weighted by atomic mass is 35.5. The highest BCUT2D eigenvalue weighted by Crippen LogP contribution is 2.43. The summed E-state index contributed by atoms with van der Waals surface area (Å²) in [5.74, 6) is 0.196. The van der Waals surface area contributed by atoms with Gasteiger partial charge in [0.1, 0.15) is 5.37 Å². The lowest BCUT2D eigenvalue weighted by Crippen LogP contribution is -2.27. The van der Waals surface area contributed by atoms with E-state index in [-0.39, 0.29) is 22.7 Å². The molecule has 1 atom stereocenters. The summed E-state index contributed by atoms with van der Waals surface area (Å²) in [6.07, 6.45) is 0. The zero-order chi connectivity index (χ0) is 16.6. The standard InChI is InChI=1S/C15H10Cl2N2O3S/c16-10-5-11(17)7-13(6-10)18-14(20)8-23-15(18)9-2-1-3-12(4-9)19(21)22/h1-7,15H,8H2/t15-/m0/s1. The lowest BCUT2D eigenvalue weighted by atomic mass is 10.1. The molecule has 2 aromatic rings. The molecule has 8 heteroatoms. The minimum atomic E-state index is -0.453. The molecule has 23 heavy (non-hydrogen) atoms. The molecule has 3 rings (SSSR count). The predicted octanol–water partition coefficient (Wildman–Crippen LogP) is 4.68. The molecule has 1 aliphatic rings. The van der Waals surface area contributed by atoms with Gasteiger partial charge >= 0.3 is 0 Å². The minimum absolute atomic E-state index is 0.00785. The number of benzene rings is 2. The van der Waals surface area contributed by atoms with E-state index >= 15 is 0 Å². The van der Waals surface area contributed by atoms with Crippen molar-refractivity contribution in [2.24, 2.45) is 0 Å². The number of nitro benzene ring substituents is 1. The number of anilines is 1. The second kappa shape index (κ2) is 6.39. The van der Waals surface area contributed by atoms with Crippen LogP contribution in [0.3, 0.4) is 0 Å². The van der Waals surface area contributed by atoms with Crippen LogP contribution in [-0.2, 0) is 4.79 Å². The number of halogens is 2. The van der Waals surface area contributed by atoms with Crippen molar-refractivity contribution in [3.63, 3.8) is 0 Å². The molecule has 0 radical (unpaired) electrons. The molecule has 1 saturated heterocycles. The Balaban J connectivity index is 2.03. The quantitative estimate of drug-likeness (QED) is 0.582. The Labute approximate surface area is 146 Å². The van der Waals surface area contributed by atoms with Crippen LogP contribution in [0.25, 0.3) is 0 Å². The van der Waals surface area contributed by atoms with Gasteiger partial charge in [0.2, 0.25) is 5.91 Å². The maximum Gasteiger partial charge on any atom is 0.269 e. The van der Waals surface area contributed by atoms with Crippen LogP contribution >= 0.6 is 35.0 Å². The molecule has 1 heterocycles. The molecule has 0 N–H and O–H groups in total. The Hall–Kier alpha value is -1.76. The van der Waals surface area contributed by atoms with Crippen LogP contribution in [0.1, 0.15) is 10.9 Å². The molecule has 0 bridgehead atoms. The number of amides is 1. The van der Waals surface area contributed by atoms with Gasteiger partial charge in [-0.25, -0.2) is 0 Å². The van der Waals surface area contributed by atoms with E-state index in [1.165, 1.54) is 23.9 Å². The van der Waals surface area contributed by atoms with Crippen LogP contribution in [0.4, 0.5) is 11.4 Å². The van der Waals surface area contributed by atoms with E-state index in [2.05, 4.69) is 0 Å². The lowest BCUT2D eigenvalue weighted by Gasteiger charge is -2.24. The van der Waals surface area contributed by atoms with Gasteiger partial charge in [-0.3, -0.25) is 19.8 Å². The number of hydrogen-bond donors (Lipinski definition) is 0. The van der Waals surface area contributed by atoms with Crippen LogP contribution in [0.15, 0.2) is 42.5 Å².